The molecular weight excluding hydrogens is 320 g/mol. The van der Waals surface area contributed by atoms with E-state index in [0.717, 1.165) is 28.5 Å². The van der Waals surface area contributed by atoms with Gasteiger partial charge < -0.3 is 5.32 Å². The van der Waals surface area contributed by atoms with Crippen molar-refractivity contribution in [3.8, 4) is 11.4 Å². The molecule has 130 valence electrons. The van der Waals surface area contributed by atoms with E-state index in [4.69, 9.17) is 4.98 Å². The Labute approximate surface area is 153 Å². The number of anilines is 2. The zero-order valence-corrected chi connectivity index (χ0v) is 15.3. The first-order chi connectivity index (χ1) is 12.6. The highest BCUT2D eigenvalue weighted by atomic mass is 15.1. The van der Waals surface area contributed by atoms with E-state index in [-0.39, 0.29) is 0 Å². The molecule has 0 aliphatic heterocycles. The fraction of sp³-hybridized carbons (Fsp3) is 0.182. The molecular formula is C22H22N4. The zero-order valence-electron chi connectivity index (χ0n) is 15.3. The maximum absolute atomic E-state index is 4.80. The molecule has 0 amide bonds. The third-order valence-electron chi connectivity index (χ3n) is 4.51. The highest BCUT2D eigenvalue weighted by Gasteiger charge is 2.15. The lowest BCUT2D eigenvalue weighted by atomic mass is 10.0. The fourth-order valence-corrected chi connectivity index (χ4v) is 3.04. The molecule has 0 radical (unpaired) electrons. The van der Waals surface area contributed by atoms with Crippen LogP contribution < -0.4 is 5.32 Å². The third-order valence-corrected chi connectivity index (χ3v) is 4.51. The number of aryl methyl sites for hydroxylation is 1. The van der Waals surface area contributed by atoms with E-state index in [1.165, 1.54) is 11.1 Å². The number of hydrogen-bond acceptors (Lipinski definition) is 3. The molecule has 0 bridgehead atoms. The van der Waals surface area contributed by atoms with Crippen LogP contribution in [0.5, 0.6) is 0 Å². The summed E-state index contributed by atoms with van der Waals surface area (Å²) in [4.78, 5) is 9.29. The maximum Gasteiger partial charge on any atom is 0.144 e. The summed E-state index contributed by atoms with van der Waals surface area (Å²) in [5.41, 5.74) is 6.15. The van der Waals surface area contributed by atoms with Crippen molar-refractivity contribution >= 4 is 17.2 Å². The Balaban J connectivity index is 1.82. The lowest BCUT2D eigenvalue weighted by Crippen LogP contribution is -1.98. The van der Waals surface area contributed by atoms with Gasteiger partial charge in [-0.05, 0) is 54.3 Å². The summed E-state index contributed by atoms with van der Waals surface area (Å²) in [7, 11) is 0. The van der Waals surface area contributed by atoms with Gasteiger partial charge in [0.15, 0.2) is 0 Å². The zero-order chi connectivity index (χ0) is 18.1. The van der Waals surface area contributed by atoms with E-state index >= 15 is 0 Å². The molecule has 1 aromatic carbocycles. The van der Waals surface area contributed by atoms with Gasteiger partial charge in [-0.1, -0.05) is 38.1 Å². The normalized spacial score (nSPS) is 11.2. The van der Waals surface area contributed by atoms with Gasteiger partial charge in [-0.25, -0.2) is 4.98 Å². The standard InChI is InChI=1S/C22H22N4/c1-15(2)17-8-10-18(11-9-17)24-22-21(19-6-4-5-13-23-19)25-20-12-7-16(3)14-26(20)22/h4-15,24H,1-3H3. The molecule has 1 N–H and O–H groups in total. The van der Waals surface area contributed by atoms with Crippen LogP contribution in [0.25, 0.3) is 17.0 Å². The first-order valence-electron chi connectivity index (χ1n) is 8.89. The molecule has 3 heterocycles. The van der Waals surface area contributed by atoms with E-state index < -0.39 is 0 Å². The van der Waals surface area contributed by atoms with Gasteiger partial charge in [0.1, 0.15) is 17.2 Å². The molecule has 0 saturated carbocycles. The molecule has 0 saturated heterocycles. The Morgan fingerprint density at radius 2 is 1.77 bits per heavy atom. The molecule has 4 aromatic rings. The molecule has 4 rings (SSSR count). The largest absolute Gasteiger partial charge is 0.339 e. The van der Waals surface area contributed by atoms with E-state index in [2.05, 4.69) is 72.0 Å². The van der Waals surface area contributed by atoms with E-state index in [9.17, 15) is 0 Å². The average molecular weight is 342 g/mol. The maximum atomic E-state index is 4.80. The predicted molar refractivity (Wildman–Crippen MR) is 107 cm³/mol. The number of benzene rings is 1. The second kappa shape index (κ2) is 6.64. The van der Waals surface area contributed by atoms with Crippen LogP contribution in [-0.4, -0.2) is 14.4 Å². The molecule has 4 nitrogen and oxygen atoms in total. The van der Waals surface area contributed by atoms with Gasteiger partial charge in [-0.3, -0.25) is 9.38 Å². The summed E-state index contributed by atoms with van der Waals surface area (Å²) in [6.07, 6.45) is 3.89. The number of aromatic nitrogens is 3. The van der Waals surface area contributed by atoms with E-state index in [1.54, 1.807) is 6.20 Å². The molecule has 0 unspecified atom stereocenters. The molecule has 4 heteroatoms. The quantitative estimate of drug-likeness (QED) is 0.527. The summed E-state index contributed by atoms with van der Waals surface area (Å²) >= 11 is 0. The van der Waals surface area contributed by atoms with Crippen LogP contribution in [0.3, 0.4) is 0 Å². The van der Waals surface area contributed by atoms with Gasteiger partial charge in [-0.15, -0.1) is 0 Å². The minimum Gasteiger partial charge on any atom is -0.339 e. The minimum absolute atomic E-state index is 0.520. The lowest BCUT2D eigenvalue weighted by molar-refractivity contribution is 0.867. The number of rotatable bonds is 4. The summed E-state index contributed by atoms with van der Waals surface area (Å²) in [5, 5.41) is 3.55. The highest BCUT2D eigenvalue weighted by molar-refractivity contribution is 5.78. The number of nitrogens with zero attached hydrogens (tertiary/aromatic N) is 3. The van der Waals surface area contributed by atoms with Crippen molar-refractivity contribution in [2.75, 3.05) is 5.32 Å². The Bertz CT molecular complexity index is 1030. The molecule has 26 heavy (non-hydrogen) atoms. The van der Waals surface area contributed by atoms with Gasteiger partial charge in [0.05, 0.1) is 5.69 Å². The van der Waals surface area contributed by atoms with Gasteiger partial charge in [0, 0.05) is 18.1 Å². The second-order valence-electron chi connectivity index (χ2n) is 6.86. The van der Waals surface area contributed by atoms with Crippen molar-refractivity contribution < 1.29 is 0 Å². The molecule has 0 aliphatic rings. The number of nitrogens with one attached hydrogen (secondary N) is 1. The highest BCUT2D eigenvalue weighted by Crippen LogP contribution is 2.30. The van der Waals surface area contributed by atoms with Crippen molar-refractivity contribution in [3.05, 3.63) is 78.1 Å². The first kappa shape index (κ1) is 16.3. The topological polar surface area (TPSA) is 42.2 Å². The van der Waals surface area contributed by atoms with Crippen molar-refractivity contribution in [2.45, 2.75) is 26.7 Å². The summed E-state index contributed by atoms with van der Waals surface area (Å²) in [6, 6.07) is 18.6. The Kier molecular flexibility index (Phi) is 4.17. The number of imidazole rings is 1. The van der Waals surface area contributed by atoms with Crippen LogP contribution in [0.2, 0.25) is 0 Å². The molecule has 0 spiro atoms. The van der Waals surface area contributed by atoms with Crippen LogP contribution in [0.1, 0.15) is 30.9 Å². The van der Waals surface area contributed by atoms with Crippen LogP contribution >= 0.6 is 0 Å². The van der Waals surface area contributed by atoms with Crippen molar-refractivity contribution in [2.24, 2.45) is 0 Å². The van der Waals surface area contributed by atoms with E-state index in [0.29, 0.717) is 5.92 Å². The van der Waals surface area contributed by atoms with Crippen molar-refractivity contribution in [1.82, 2.24) is 14.4 Å². The van der Waals surface area contributed by atoms with Crippen LogP contribution in [0.4, 0.5) is 11.5 Å². The Morgan fingerprint density at radius 3 is 2.46 bits per heavy atom. The predicted octanol–water partition coefficient (Wildman–Crippen LogP) is 5.57. The first-order valence-corrected chi connectivity index (χ1v) is 8.89. The van der Waals surface area contributed by atoms with Crippen molar-refractivity contribution in [1.29, 1.82) is 0 Å². The van der Waals surface area contributed by atoms with Crippen LogP contribution in [0.15, 0.2) is 67.0 Å². The van der Waals surface area contributed by atoms with Gasteiger partial charge in [-0.2, -0.15) is 0 Å². The Morgan fingerprint density at radius 1 is 0.962 bits per heavy atom. The second-order valence-corrected chi connectivity index (χ2v) is 6.86. The van der Waals surface area contributed by atoms with Gasteiger partial charge in [0.2, 0.25) is 0 Å². The van der Waals surface area contributed by atoms with Gasteiger partial charge in [0.25, 0.3) is 0 Å². The molecule has 0 atom stereocenters. The smallest absolute Gasteiger partial charge is 0.144 e. The van der Waals surface area contributed by atoms with Gasteiger partial charge >= 0.3 is 0 Å². The number of hydrogen-bond donors (Lipinski definition) is 1. The Hall–Kier alpha value is -3.14. The molecule has 0 fully saturated rings. The summed E-state index contributed by atoms with van der Waals surface area (Å²) < 4.78 is 2.09. The minimum atomic E-state index is 0.520. The van der Waals surface area contributed by atoms with E-state index in [1.807, 2.05) is 24.3 Å². The fourth-order valence-electron chi connectivity index (χ4n) is 3.04. The van der Waals surface area contributed by atoms with Crippen LogP contribution in [-0.2, 0) is 0 Å². The summed E-state index contributed by atoms with van der Waals surface area (Å²) in [5.74, 6) is 1.45. The SMILES string of the molecule is Cc1ccc2nc(-c3ccccn3)c(Nc3ccc(C(C)C)cc3)n2c1. The summed E-state index contributed by atoms with van der Waals surface area (Å²) in [6.45, 7) is 6.49. The third kappa shape index (κ3) is 3.06. The number of pyridine rings is 2. The average Bonchev–Trinajstić information content (AvgIpc) is 3.01. The monoisotopic (exact) mass is 342 g/mol. The number of fused-ring (bicyclic) bond motifs is 1. The molecule has 0 aliphatic carbocycles. The lowest BCUT2D eigenvalue weighted by Gasteiger charge is -2.11. The van der Waals surface area contributed by atoms with Crippen molar-refractivity contribution in [3.63, 3.8) is 0 Å². The molecule has 3 aromatic heterocycles. The van der Waals surface area contributed by atoms with Crippen LogP contribution in [0, 0.1) is 6.92 Å².